The number of carboxylic acids is 1. The molecular formula is C20H21N3O5. The third-order valence-electron chi connectivity index (χ3n) is 4.87. The smallest absolute Gasteiger partial charge is 0.335 e. The van der Waals surface area contributed by atoms with Gasteiger partial charge in [0.25, 0.3) is 5.69 Å². The molecule has 0 saturated carbocycles. The third kappa shape index (κ3) is 4.64. The molecule has 1 aliphatic heterocycles. The number of aryl methyl sites for hydroxylation is 1. The topological polar surface area (TPSA) is 104 Å². The largest absolute Gasteiger partial charge is 0.478 e. The monoisotopic (exact) mass is 383 g/mol. The Bertz CT molecular complexity index is 874. The van der Waals surface area contributed by atoms with E-state index in [1.807, 2.05) is 11.0 Å². The van der Waals surface area contributed by atoms with Crippen LogP contribution in [-0.4, -0.2) is 53.0 Å². The predicted octanol–water partition coefficient (Wildman–Crippen LogP) is 2.57. The van der Waals surface area contributed by atoms with Gasteiger partial charge in [-0.25, -0.2) is 4.79 Å². The van der Waals surface area contributed by atoms with E-state index in [1.54, 1.807) is 41.3 Å². The molecule has 2 aromatic rings. The van der Waals surface area contributed by atoms with Gasteiger partial charge in [-0.3, -0.25) is 14.9 Å². The highest BCUT2D eigenvalue weighted by Crippen LogP contribution is 2.22. The van der Waals surface area contributed by atoms with E-state index in [2.05, 4.69) is 0 Å². The number of rotatable bonds is 6. The molecule has 1 amide bonds. The molecule has 1 aliphatic rings. The Hall–Kier alpha value is -3.42. The van der Waals surface area contributed by atoms with E-state index in [0.717, 1.165) is 11.3 Å². The van der Waals surface area contributed by atoms with Crippen molar-refractivity contribution in [1.29, 1.82) is 0 Å². The van der Waals surface area contributed by atoms with Gasteiger partial charge in [0.1, 0.15) is 0 Å². The van der Waals surface area contributed by atoms with Gasteiger partial charge in [0.05, 0.1) is 10.5 Å². The lowest BCUT2D eigenvalue weighted by atomic mass is 10.1. The second-order valence-corrected chi connectivity index (χ2v) is 6.65. The summed E-state index contributed by atoms with van der Waals surface area (Å²) in [5.41, 5.74) is 2.01. The molecule has 8 heteroatoms. The van der Waals surface area contributed by atoms with Crippen LogP contribution >= 0.6 is 0 Å². The average molecular weight is 383 g/mol. The van der Waals surface area contributed by atoms with E-state index < -0.39 is 10.9 Å². The minimum Gasteiger partial charge on any atom is -0.478 e. The van der Waals surface area contributed by atoms with Crippen LogP contribution in [0.2, 0.25) is 0 Å². The van der Waals surface area contributed by atoms with E-state index in [1.165, 1.54) is 6.07 Å². The van der Waals surface area contributed by atoms with Crippen LogP contribution in [0.1, 0.15) is 22.3 Å². The van der Waals surface area contributed by atoms with Crippen LogP contribution in [-0.2, 0) is 11.2 Å². The van der Waals surface area contributed by atoms with E-state index in [-0.39, 0.29) is 17.2 Å². The number of nitro groups is 1. The molecule has 0 aliphatic carbocycles. The summed E-state index contributed by atoms with van der Waals surface area (Å²) >= 11 is 0. The SMILES string of the molecule is O=C(O)c1ccc(CCC(=O)N2CCN(c3cccc([N+](=O)[O-])c3)CC2)cc1. The maximum absolute atomic E-state index is 12.5. The first-order valence-electron chi connectivity index (χ1n) is 9.03. The molecule has 0 bridgehead atoms. The van der Waals surface area contributed by atoms with Gasteiger partial charge in [0.2, 0.25) is 5.91 Å². The Morgan fingerprint density at radius 2 is 1.71 bits per heavy atom. The maximum Gasteiger partial charge on any atom is 0.335 e. The fourth-order valence-electron chi connectivity index (χ4n) is 3.24. The Labute approximate surface area is 162 Å². The summed E-state index contributed by atoms with van der Waals surface area (Å²) in [7, 11) is 0. The minimum atomic E-state index is -0.968. The highest BCUT2D eigenvalue weighted by Gasteiger charge is 2.22. The second-order valence-electron chi connectivity index (χ2n) is 6.65. The standard InChI is InChI=1S/C20H21N3O5/c24-19(9-6-15-4-7-16(8-5-15)20(25)26)22-12-10-21(11-13-22)17-2-1-3-18(14-17)23(27)28/h1-5,7-8,14H,6,9-13H2,(H,25,26). The normalized spacial score (nSPS) is 14.0. The predicted molar refractivity (Wildman–Crippen MR) is 104 cm³/mol. The number of hydrogen-bond donors (Lipinski definition) is 1. The molecule has 2 aromatic carbocycles. The molecule has 1 N–H and O–H groups in total. The Morgan fingerprint density at radius 3 is 2.32 bits per heavy atom. The Kier molecular flexibility index (Phi) is 5.88. The number of benzene rings is 2. The second kappa shape index (κ2) is 8.51. The number of non-ortho nitro benzene ring substituents is 1. The molecule has 1 heterocycles. The maximum atomic E-state index is 12.5. The summed E-state index contributed by atoms with van der Waals surface area (Å²) in [6, 6.07) is 13.1. The number of carbonyl (C=O) groups is 2. The summed E-state index contributed by atoms with van der Waals surface area (Å²) in [6.07, 6.45) is 0.924. The van der Waals surface area contributed by atoms with Crippen LogP contribution in [0.3, 0.4) is 0 Å². The van der Waals surface area contributed by atoms with Crippen LogP contribution in [0.25, 0.3) is 0 Å². The molecule has 1 fully saturated rings. The zero-order valence-corrected chi connectivity index (χ0v) is 15.3. The molecule has 146 valence electrons. The van der Waals surface area contributed by atoms with Crippen LogP contribution < -0.4 is 4.90 Å². The molecule has 0 radical (unpaired) electrons. The molecule has 0 atom stereocenters. The van der Waals surface area contributed by atoms with Crippen LogP contribution in [0.15, 0.2) is 48.5 Å². The van der Waals surface area contributed by atoms with E-state index in [9.17, 15) is 19.7 Å². The average Bonchev–Trinajstić information content (AvgIpc) is 2.72. The van der Waals surface area contributed by atoms with E-state index in [0.29, 0.717) is 39.0 Å². The summed E-state index contributed by atoms with van der Waals surface area (Å²) in [5, 5.41) is 19.8. The van der Waals surface area contributed by atoms with Gasteiger partial charge in [-0.15, -0.1) is 0 Å². The highest BCUT2D eigenvalue weighted by molar-refractivity contribution is 5.87. The van der Waals surface area contributed by atoms with Gasteiger partial charge in [-0.2, -0.15) is 0 Å². The molecule has 3 rings (SSSR count). The zero-order chi connectivity index (χ0) is 20.1. The summed E-state index contributed by atoms with van der Waals surface area (Å²) in [5.74, 6) is -0.912. The molecule has 28 heavy (non-hydrogen) atoms. The van der Waals surface area contributed by atoms with E-state index in [4.69, 9.17) is 5.11 Å². The van der Waals surface area contributed by atoms with Crippen molar-refractivity contribution in [3.05, 3.63) is 69.8 Å². The van der Waals surface area contributed by atoms with Crippen molar-refractivity contribution in [3.8, 4) is 0 Å². The van der Waals surface area contributed by atoms with Crippen molar-refractivity contribution in [3.63, 3.8) is 0 Å². The number of carboxylic acid groups (broad SMARTS) is 1. The summed E-state index contributed by atoms with van der Waals surface area (Å²) in [6.45, 7) is 2.39. The van der Waals surface area contributed by atoms with Crippen molar-refractivity contribution in [1.82, 2.24) is 4.90 Å². The van der Waals surface area contributed by atoms with Crippen molar-refractivity contribution < 1.29 is 19.6 Å². The number of piperazine rings is 1. The Balaban J connectivity index is 1.50. The zero-order valence-electron chi connectivity index (χ0n) is 15.3. The van der Waals surface area contributed by atoms with Gasteiger partial charge in [-0.05, 0) is 30.2 Å². The van der Waals surface area contributed by atoms with Crippen molar-refractivity contribution in [2.75, 3.05) is 31.1 Å². The van der Waals surface area contributed by atoms with Gasteiger partial charge in [0.15, 0.2) is 0 Å². The van der Waals surface area contributed by atoms with Gasteiger partial charge < -0.3 is 14.9 Å². The number of nitrogens with zero attached hydrogens (tertiary/aromatic N) is 3. The number of carbonyl (C=O) groups excluding carboxylic acids is 1. The Morgan fingerprint density at radius 1 is 1.04 bits per heavy atom. The van der Waals surface area contributed by atoms with Gasteiger partial charge in [0, 0.05) is 50.4 Å². The molecule has 1 saturated heterocycles. The first-order chi connectivity index (χ1) is 13.4. The lowest BCUT2D eigenvalue weighted by molar-refractivity contribution is -0.384. The van der Waals surface area contributed by atoms with Crippen molar-refractivity contribution >= 4 is 23.3 Å². The van der Waals surface area contributed by atoms with E-state index >= 15 is 0 Å². The van der Waals surface area contributed by atoms with Crippen LogP contribution in [0.4, 0.5) is 11.4 Å². The molecule has 0 spiro atoms. The first kappa shape index (κ1) is 19.3. The molecule has 0 aromatic heterocycles. The summed E-state index contributed by atoms with van der Waals surface area (Å²) in [4.78, 5) is 37.7. The summed E-state index contributed by atoms with van der Waals surface area (Å²) < 4.78 is 0. The fraction of sp³-hybridized carbons (Fsp3) is 0.300. The van der Waals surface area contributed by atoms with Crippen molar-refractivity contribution in [2.45, 2.75) is 12.8 Å². The minimum absolute atomic E-state index is 0.0565. The number of nitro benzene ring substituents is 1. The highest BCUT2D eigenvalue weighted by atomic mass is 16.6. The number of aromatic carboxylic acids is 1. The van der Waals surface area contributed by atoms with Gasteiger partial charge >= 0.3 is 5.97 Å². The van der Waals surface area contributed by atoms with Crippen LogP contribution in [0, 0.1) is 10.1 Å². The molecular weight excluding hydrogens is 362 g/mol. The first-order valence-corrected chi connectivity index (χ1v) is 9.03. The number of amides is 1. The number of hydrogen-bond acceptors (Lipinski definition) is 5. The quantitative estimate of drug-likeness (QED) is 0.607. The molecule has 0 unspecified atom stereocenters. The lowest BCUT2D eigenvalue weighted by Gasteiger charge is -2.36. The number of anilines is 1. The lowest BCUT2D eigenvalue weighted by Crippen LogP contribution is -2.48. The van der Waals surface area contributed by atoms with Crippen molar-refractivity contribution in [2.24, 2.45) is 0 Å². The van der Waals surface area contributed by atoms with Gasteiger partial charge in [-0.1, -0.05) is 18.2 Å². The fourth-order valence-corrected chi connectivity index (χ4v) is 3.24. The molecule has 8 nitrogen and oxygen atoms in total. The van der Waals surface area contributed by atoms with Crippen LogP contribution in [0.5, 0.6) is 0 Å². The third-order valence-corrected chi connectivity index (χ3v) is 4.87.